The van der Waals surface area contributed by atoms with Crippen LogP contribution < -0.4 is 11.0 Å². The number of halogens is 1. The molecule has 0 unspecified atom stereocenters. The van der Waals surface area contributed by atoms with Crippen molar-refractivity contribution in [3.63, 3.8) is 0 Å². The first-order chi connectivity index (χ1) is 14.0. The lowest BCUT2D eigenvalue weighted by Crippen LogP contribution is -2.40. The summed E-state index contributed by atoms with van der Waals surface area (Å²) in [6.07, 6.45) is 1.45. The zero-order valence-electron chi connectivity index (χ0n) is 15.1. The van der Waals surface area contributed by atoms with Gasteiger partial charge in [-0.2, -0.15) is 0 Å². The Morgan fingerprint density at radius 3 is 2.83 bits per heavy atom. The molecule has 4 aromatic rings. The van der Waals surface area contributed by atoms with Gasteiger partial charge in [-0.1, -0.05) is 12.1 Å². The van der Waals surface area contributed by atoms with Crippen LogP contribution in [0, 0.1) is 5.82 Å². The summed E-state index contributed by atoms with van der Waals surface area (Å²) in [6, 6.07) is 10.5. The molecule has 0 bridgehead atoms. The lowest BCUT2D eigenvalue weighted by atomic mass is 10.1. The van der Waals surface area contributed by atoms with Crippen molar-refractivity contribution >= 4 is 22.5 Å². The Balaban J connectivity index is 1.54. The number of para-hydroxylation sites is 1. The Morgan fingerprint density at radius 2 is 1.97 bits per heavy atom. The Morgan fingerprint density at radius 1 is 1.14 bits per heavy atom. The molecule has 0 atom stereocenters. The van der Waals surface area contributed by atoms with Crippen LogP contribution in [-0.2, 0) is 13.0 Å². The van der Waals surface area contributed by atoms with E-state index in [0.717, 1.165) is 10.6 Å². The van der Waals surface area contributed by atoms with Gasteiger partial charge in [-0.05, 0) is 24.3 Å². The first kappa shape index (κ1) is 17.3. The van der Waals surface area contributed by atoms with Crippen molar-refractivity contribution in [1.29, 1.82) is 0 Å². The van der Waals surface area contributed by atoms with Gasteiger partial charge in [0.25, 0.3) is 11.5 Å². The van der Waals surface area contributed by atoms with Crippen LogP contribution in [0.4, 0.5) is 4.39 Å². The molecular formula is C21H14FN3O4. The topological polar surface area (TPSA) is 84.9 Å². The average molecular weight is 391 g/mol. The van der Waals surface area contributed by atoms with E-state index in [1.54, 1.807) is 24.3 Å². The highest BCUT2D eigenvalue weighted by atomic mass is 19.1. The molecule has 0 saturated heterocycles. The summed E-state index contributed by atoms with van der Waals surface area (Å²) in [5.74, 6) is -1.12. The maximum atomic E-state index is 13.5. The number of amides is 1. The molecule has 1 amide bonds. The Bertz CT molecular complexity index is 1420. The lowest BCUT2D eigenvalue weighted by molar-refractivity contribution is 0.0701. The molecule has 0 N–H and O–H groups in total. The molecule has 0 radical (unpaired) electrons. The molecule has 7 nitrogen and oxygen atoms in total. The van der Waals surface area contributed by atoms with Crippen LogP contribution in [0.25, 0.3) is 16.6 Å². The van der Waals surface area contributed by atoms with Gasteiger partial charge in [-0.15, -0.1) is 0 Å². The van der Waals surface area contributed by atoms with Crippen molar-refractivity contribution < 1.29 is 13.6 Å². The van der Waals surface area contributed by atoms with Crippen LogP contribution in [0.5, 0.6) is 0 Å². The van der Waals surface area contributed by atoms with Crippen LogP contribution in [0.1, 0.15) is 21.8 Å². The highest BCUT2D eigenvalue weighted by Crippen LogP contribution is 2.19. The molecule has 5 rings (SSSR count). The van der Waals surface area contributed by atoms with E-state index in [-0.39, 0.29) is 17.7 Å². The van der Waals surface area contributed by atoms with Gasteiger partial charge in [0.1, 0.15) is 17.0 Å². The molecule has 144 valence electrons. The predicted molar refractivity (Wildman–Crippen MR) is 102 cm³/mol. The van der Waals surface area contributed by atoms with Crippen LogP contribution >= 0.6 is 0 Å². The van der Waals surface area contributed by atoms with Crippen LogP contribution in [0.15, 0.2) is 62.7 Å². The summed E-state index contributed by atoms with van der Waals surface area (Å²) in [6.45, 7) is 0.335. The smallest absolute Gasteiger partial charge is 0.290 e. The number of carbonyl (C=O) groups excluding carboxylic acids is 1. The SMILES string of the molecule is O=C(c1cc(=O)c2ccccc2o1)N1CCc2nc3ccc(F)cn3c(=O)c2C1. The van der Waals surface area contributed by atoms with Gasteiger partial charge in [-0.25, -0.2) is 9.37 Å². The van der Waals surface area contributed by atoms with Crippen molar-refractivity contribution in [3.05, 3.63) is 92.1 Å². The Labute approximate surface area is 162 Å². The number of rotatable bonds is 1. The molecule has 4 heterocycles. The summed E-state index contributed by atoms with van der Waals surface area (Å²) in [7, 11) is 0. The van der Waals surface area contributed by atoms with Gasteiger partial charge in [-0.3, -0.25) is 18.8 Å². The van der Waals surface area contributed by atoms with E-state index >= 15 is 0 Å². The highest BCUT2D eigenvalue weighted by Gasteiger charge is 2.27. The third kappa shape index (κ3) is 2.80. The minimum atomic E-state index is -0.553. The fourth-order valence-corrected chi connectivity index (χ4v) is 3.61. The monoisotopic (exact) mass is 391 g/mol. The number of aromatic nitrogens is 2. The molecule has 1 aliphatic rings. The number of pyridine rings is 1. The van der Waals surface area contributed by atoms with Gasteiger partial charge in [0.15, 0.2) is 11.2 Å². The third-order valence-electron chi connectivity index (χ3n) is 5.07. The van der Waals surface area contributed by atoms with Crippen molar-refractivity contribution in [2.75, 3.05) is 6.54 Å². The number of carbonyl (C=O) groups is 1. The Hall–Kier alpha value is -3.81. The Kier molecular flexibility index (Phi) is 3.80. The van der Waals surface area contributed by atoms with E-state index < -0.39 is 17.3 Å². The van der Waals surface area contributed by atoms with Crippen LogP contribution in [0.3, 0.4) is 0 Å². The fourth-order valence-electron chi connectivity index (χ4n) is 3.61. The molecule has 0 spiro atoms. The molecule has 0 aliphatic carbocycles. The second kappa shape index (κ2) is 6.37. The summed E-state index contributed by atoms with van der Waals surface area (Å²) in [4.78, 5) is 43.9. The van der Waals surface area contributed by atoms with E-state index in [4.69, 9.17) is 4.42 Å². The second-order valence-electron chi connectivity index (χ2n) is 6.87. The second-order valence-corrected chi connectivity index (χ2v) is 6.87. The van der Waals surface area contributed by atoms with Crippen molar-refractivity contribution in [2.45, 2.75) is 13.0 Å². The maximum absolute atomic E-state index is 13.5. The maximum Gasteiger partial charge on any atom is 0.290 e. The van der Waals surface area contributed by atoms with Crippen LogP contribution in [0.2, 0.25) is 0 Å². The quantitative estimate of drug-likeness (QED) is 0.496. The van der Waals surface area contributed by atoms with E-state index in [1.165, 1.54) is 23.1 Å². The van der Waals surface area contributed by atoms with Gasteiger partial charge in [0, 0.05) is 25.2 Å². The molecule has 3 aromatic heterocycles. The number of hydrogen-bond donors (Lipinski definition) is 0. The summed E-state index contributed by atoms with van der Waals surface area (Å²) >= 11 is 0. The zero-order chi connectivity index (χ0) is 20.1. The van der Waals surface area contributed by atoms with E-state index in [0.29, 0.717) is 40.8 Å². The zero-order valence-corrected chi connectivity index (χ0v) is 15.1. The van der Waals surface area contributed by atoms with Gasteiger partial charge < -0.3 is 9.32 Å². The van der Waals surface area contributed by atoms with Crippen molar-refractivity contribution in [3.8, 4) is 0 Å². The molecule has 8 heteroatoms. The number of fused-ring (bicyclic) bond motifs is 3. The highest BCUT2D eigenvalue weighted by molar-refractivity contribution is 5.93. The minimum Gasteiger partial charge on any atom is -0.451 e. The molecule has 1 aromatic carbocycles. The first-order valence-electron chi connectivity index (χ1n) is 9.03. The fraction of sp³-hybridized carbons (Fsp3) is 0.143. The summed E-state index contributed by atoms with van der Waals surface area (Å²) < 4.78 is 20.3. The molecule has 0 saturated carbocycles. The van der Waals surface area contributed by atoms with E-state index in [1.807, 2.05) is 0 Å². The van der Waals surface area contributed by atoms with Gasteiger partial charge >= 0.3 is 0 Å². The van der Waals surface area contributed by atoms with E-state index in [2.05, 4.69) is 4.98 Å². The van der Waals surface area contributed by atoms with Crippen LogP contribution in [-0.4, -0.2) is 26.7 Å². The number of benzene rings is 1. The largest absolute Gasteiger partial charge is 0.451 e. The van der Waals surface area contributed by atoms with Gasteiger partial charge in [0.05, 0.1) is 23.2 Å². The molecular weight excluding hydrogens is 377 g/mol. The van der Waals surface area contributed by atoms with E-state index in [9.17, 15) is 18.8 Å². The standard InChI is InChI=1S/C21H14FN3O4/c22-12-5-6-19-23-15-7-8-24(11-14(15)20(27)25(19)10-12)21(28)18-9-16(26)13-3-1-2-4-17(13)29-18/h1-6,9-10H,7-8,11H2. The molecule has 0 fully saturated rings. The normalized spacial score (nSPS) is 13.6. The third-order valence-corrected chi connectivity index (χ3v) is 5.07. The minimum absolute atomic E-state index is 0.00991. The lowest BCUT2D eigenvalue weighted by Gasteiger charge is -2.27. The molecule has 29 heavy (non-hydrogen) atoms. The van der Waals surface area contributed by atoms with Crippen molar-refractivity contribution in [1.82, 2.24) is 14.3 Å². The molecule has 1 aliphatic heterocycles. The summed E-state index contributed by atoms with van der Waals surface area (Å²) in [5, 5.41) is 0.393. The average Bonchev–Trinajstić information content (AvgIpc) is 2.74. The number of nitrogens with zero attached hydrogens (tertiary/aromatic N) is 3. The predicted octanol–water partition coefficient (Wildman–Crippen LogP) is 2.14. The van der Waals surface area contributed by atoms with Crippen molar-refractivity contribution in [2.24, 2.45) is 0 Å². The van der Waals surface area contributed by atoms with Gasteiger partial charge in [0.2, 0.25) is 0 Å². The first-order valence-corrected chi connectivity index (χ1v) is 9.03. The summed E-state index contributed by atoms with van der Waals surface area (Å²) in [5.41, 5.74) is 0.874. The number of hydrogen-bond acceptors (Lipinski definition) is 5.